The molecule has 0 fully saturated rings. The van der Waals surface area contributed by atoms with Gasteiger partial charge in [0.15, 0.2) is 0 Å². The van der Waals surface area contributed by atoms with Crippen LogP contribution in [0.1, 0.15) is 11.4 Å². The number of benzene rings is 1. The van der Waals surface area contributed by atoms with Crippen LogP contribution >= 0.6 is 27.5 Å². The predicted molar refractivity (Wildman–Crippen MR) is 83.6 cm³/mol. The van der Waals surface area contributed by atoms with Crippen LogP contribution in [0.2, 0.25) is 5.02 Å². The number of nitrogens with zero attached hydrogens (tertiary/aromatic N) is 4. The Bertz CT molecular complexity index is 723. The summed E-state index contributed by atoms with van der Waals surface area (Å²) >= 11 is 9.25. The molecule has 0 aliphatic carbocycles. The highest BCUT2D eigenvalue weighted by atomic mass is 79.9. The van der Waals surface area contributed by atoms with E-state index < -0.39 is 0 Å². The van der Waals surface area contributed by atoms with Crippen molar-refractivity contribution in [3.8, 4) is 11.5 Å². The van der Waals surface area contributed by atoms with Crippen molar-refractivity contribution in [2.45, 2.75) is 13.0 Å². The molecule has 0 atom stereocenters. The Kier molecular flexibility index (Phi) is 4.36. The van der Waals surface area contributed by atoms with Gasteiger partial charge in [-0.1, -0.05) is 32.7 Å². The van der Waals surface area contributed by atoms with Crippen molar-refractivity contribution in [2.24, 2.45) is 0 Å². The van der Waals surface area contributed by atoms with Crippen molar-refractivity contribution >= 4 is 27.5 Å². The molecular formula is C14H12BrClN4O. The van der Waals surface area contributed by atoms with E-state index in [1.807, 2.05) is 30.5 Å². The molecule has 0 saturated heterocycles. The van der Waals surface area contributed by atoms with Crippen molar-refractivity contribution in [1.82, 2.24) is 20.0 Å². The first-order chi connectivity index (χ1) is 10.2. The van der Waals surface area contributed by atoms with Gasteiger partial charge in [-0.25, -0.2) is 9.67 Å². The van der Waals surface area contributed by atoms with Gasteiger partial charge >= 0.3 is 0 Å². The molecular weight excluding hydrogens is 356 g/mol. The van der Waals surface area contributed by atoms with Crippen molar-refractivity contribution in [1.29, 1.82) is 0 Å². The van der Waals surface area contributed by atoms with Gasteiger partial charge < -0.3 is 4.42 Å². The minimum atomic E-state index is 0.534. The molecule has 0 bridgehead atoms. The van der Waals surface area contributed by atoms with Crippen LogP contribution in [-0.2, 0) is 13.0 Å². The lowest BCUT2D eigenvalue weighted by atomic mass is 10.2. The molecule has 2 heterocycles. The van der Waals surface area contributed by atoms with E-state index in [0.717, 1.165) is 28.7 Å². The van der Waals surface area contributed by atoms with E-state index in [9.17, 15) is 0 Å². The summed E-state index contributed by atoms with van der Waals surface area (Å²) in [5.41, 5.74) is 2.65. The van der Waals surface area contributed by atoms with Crippen LogP contribution in [0.4, 0.5) is 0 Å². The second-order valence-corrected chi connectivity index (χ2v) is 5.73. The van der Waals surface area contributed by atoms with Gasteiger partial charge in [0.05, 0.1) is 12.2 Å². The summed E-state index contributed by atoms with van der Waals surface area (Å²) in [5.74, 6) is 0.572. The Morgan fingerprint density at radius 3 is 2.76 bits per heavy atom. The van der Waals surface area contributed by atoms with Crippen LogP contribution in [0.5, 0.6) is 0 Å². The molecule has 2 aromatic heterocycles. The standard InChI is InChI=1S/C14H12BrClN4O/c15-6-5-12-7-20(19-18-12)8-13-9-21-14(17-13)10-1-3-11(16)4-2-10/h1-4,7,9H,5-6,8H2. The maximum absolute atomic E-state index is 5.87. The maximum atomic E-state index is 5.87. The normalized spacial score (nSPS) is 11.0. The van der Waals surface area contributed by atoms with Crippen molar-refractivity contribution in [2.75, 3.05) is 5.33 Å². The monoisotopic (exact) mass is 366 g/mol. The molecule has 0 aliphatic rings. The average molecular weight is 368 g/mol. The summed E-state index contributed by atoms with van der Waals surface area (Å²) in [5, 5.41) is 9.72. The number of rotatable bonds is 5. The van der Waals surface area contributed by atoms with E-state index in [0.29, 0.717) is 17.5 Å². The lowest BCUT2D eigenvalue weighted by Gasteiger charge is -1.95. The Hall–Kier alpha value is -1.66. The molecule has 3 rings (SSSR count). The largest absolute Gasteiger partial charge is 0.444 e. The fraction of sp³-hybridized carbons (Fsp3) is 0.214. The van der Waals surface area contributed by atoms with Gasteiger partial charge in [-0.2, -0.15) is 0 Å². The second-order valence-electron chi connectivity index (χ2n) is 4.50. The number of halogens is 2. The smallest absolute Gasteiger partial charge is 0.226 e. The van der Waals surface area contributed by atoms with E-state index in [-0.39, 0.29) is 0 Å². The molecule has 1 aromatic carbocycles. The summed E-state index contributed by atoms with van der Waals surface area (Å²) in [7, 11) is 0. The molecule has 108 valence electrons. The Balaban J connectivity index is 1.73. The second kappa shape index (κ2) is 6.41. The lowest BCUT2D eigenvalue weighted by Crippen LogP contribution is -2.00. The van der Waals surface area contributed by atoms with E-state index in [4.69, 9.17) is 16.0 Å². The van der Waals surface area contributed by atoms with Crippen molar-refractivity contribution in [3.05, 3.63) is 53.1 Å². The molecule has 7 heteroatoms. The molecule has 0 unspecified atom stereocenters. The lowest BCUT2D eigenvalue weighted by molar-refractivity contribution is 0.568. The molecule has 0 radical (unpaired) electrons. The van der Waals surface area contributed by atoms with Gasteiger partial charge in [-0.15, -0.1) is 5.10 Å². The van der Waals surface area contributed by atoms with Crippen LogP contribution in [0.15, 0.2) is 41.1 Å². The summed E-state index contributed by atoms with van der Waals surface area (Å²) in [4.78, 5) is 4.45. The van der Waals surface area contributed by atoms with Crippen LogP contribution in [0.3, 0.4) is 0 Å². The predicted octanol–water partition coefficient (Wildman–Crippen LogP) is 3.57. The van der Waals surface area contributed by atoms with Gasteiger partial charge in [0.25, 0.3) is 0 Å². The number of hydrogen-bond donors (Lipinski definition) is 0. The summed E-state index contributed by atoms with van der Waals surface area (Å²) < 4.78 is 7.25. The number of aryl methyl sites for hydroxylation is 1. The zero-order valence-corrected chi connectivity index (χ0v) is 13.4. The highest BCUT2D eigenvalue weighted by Gasteiger charge is 2.08. The van der Waals surface area contributed by atoms with Crippen LogP contribution in [-0.4, -0.2) is 25.3 Å². The number of alkyl halides is 1. The molecule has 0 spiro atoms. The third kappa shape index (κ3) is 3.51. The first-order valence-electron chi connectivity index (χ1n) is 6.40. The summed E-state index contributed by atoms with van der Waals surface area (Å²) in [6.45, 7) is 0.534. The average Bonchev–Trinajstić information content (AvgIpc) is 3.11. The van der Waals surface area contributed by atoms with Gasteiger partial charge in [-0.05, 0) is 24.3 Å². The fourth-order valence-corrected chi connectivity index (χ4v) is 2.43. The first-order valence-corrected chi connectivity index (χ1v) is 7.90. The Morgan fingerprint density at radius 1 is 1.19 bits per heavy atom. The first kappa shape index (κ1) is 14.3. The Morgan fingerprint density at radius 2 is 2.00 bits per heavy atom. The van der Waals surface area contributed by atoms with Crippen molar-refractivity contribution in [3.63, 3.8) is 0 Å². The minimum Gasteiger partial charge on any atom is -0.444 e. The number of hydrogen-bond acceptors (Lipinski definition) is 4. The van der Waals surface area contributed by atoms with E-state index >= 15 is 0 Å². The SMILES string of the molecule is Clc1ccc(-c2nc(Cn3cc(CCBr)nn3)co2)cc1. The third-order valence-electron chi connectivity index (χ3n) is 2.90. The Labute approximate surface area is 135 Å². The van der Waals surface area contributed by atoms with Crippen LogP contribution in [0, 0.1) is 0 Å². The molecule has 0 amide bonds. The molecule has 21 heavy (non-hydrogen) atoms. The summed E-state index contributed by atoms with van der Waals surface area (Å²) in [6, 6.07) is 7.37. The van der Waals surface area contributed by atoms with Crippen LogP contribution in [0.25, 0.3) is 11.5 Å². The molecule has 0 saturated carbocycles. The quantitative estimate of drug-likeness (QED) is 0.647. The van der Waals surface area contributed by atoms with E-state index in [2.05, 4.69) is 31.2 Å². The van der Waals surface area contributed by atoms with Gasteiger partial charge in [0, 0.05) is 28.5 Å². The van der Waals surface area contributed by atoms with Gasteiger partial charge in [0.2, 0.25) is 5.89 Å². The van der Waals surface area contributed by atoms with E-state index in [1.165, 1.54) is 0 Å². The third-order valence-corrected chi connectivity index (χ3v) is 3.55. The zero-order valence-electron chi connectivity index (χ0n) is 11.0. The topological polar surface area (TPSA) is 56.7 Å². The molecule has 5 nitrogen and oxygen atoms in total. The maximum Gasteiger partial charge on any atom is 0.226 e. The van der Waals surface area contributed by atoms with Crippen LogP contribution < -0.4 is 0 Å². The zero-order chi connectivity index (χ0) is 14.7. The van der Waals surface area contributed by atoms with E-state index in [1.54, 1.807) is 10.9 Å². The number of aromatic nitrogens is 4. The van der Waals surface area contributed by atoms with Gasteiger partial charge in [-0.3, -0.25) is 0 Å². The molecule has 0 N–H and O–H groups in total. The fourth-order valence-electron chi connectivity index (χ4n) is 1.90. The molecule has 3 aromatic rings. The van der Waals surface area contributed by atoms with Gasteiger partial charge in [0.1, 0.15) is 12.0 Å². The number of oxazole rings is 1. The minimum absolute atomic E-state index is 0.534. The summed E-state index contributed by atoms with van der Waals surface area (Å²) in [6.07, 6.45) is 4.41. The highest BCUT2D eigenvalue weighted by Crippen LogP contribution is 2.21. The highest BCUT2D eigenvalue weighted by molar-refractivity contribution is 9.09. The van der Waals surface area contributed by atoms with Crippen molar-refractivity contribution < 1.29 is 4.42 Å². The molecule has 0 aliphatic heterocycles.